The lowest BCUT2D eigenvalue weighted by Gasteiger charge is -2.29. The molecule has 0 fully saturated rings. The van der Waals surface area contributed by atoms with Crippen LogP contribution in [0.5, 0.6) is 0 Å². The highest BCUT2D eigenvalue weighted by Gasteiger charge is 2.26. The van der Waals surface area contributed by atoms with Crippen LogP contribution in [0.3, 0.4) is 0 Å². The van der Waals surface area contributed by atoms with E-state index in [1.54, 1.807) is 43.3 Å². The average molecular weight is 490 g/mol. The molecule has 0 saturated heterocycles. The Kier molecular flexibility index (Phi) is 9.76. The highest BCUT2D eigenvalue weighted by Crippen LogP contribution is 2.25. The van der Waals surface area contributed by atoms with Crippen molar-refractivity contribution < 1.29 is 9.59 Å². The Morgan fingerprint density at radius 2 is 1.73 bits per heavy atom. The number of hydrogen-bond acceptors (Lipinski definition) is 2. The Morgan fingerprint density at radius 1 is 1.00 bits per heavy atom. The van der Waals surface area contributed by atoms with Gasteiger partial charge in [-0.15, -0.1) is 0 Å². The van der Waals surface area contributed by atoms with Crippen molar-refractivity contribution in [1.29, 1.82) is 0 Å². The Morgan fingerprint density at radius 3 is 2.37 bits per heavy atom. The number of amides is 2. The average Bonchev–Trinajstić information content (AvgIpc) is 2.69. The third kappa shape index (κ3) is 7.05. The molecule has 1 N–H and O–H groups in total. The third-order valence-corrected chi connectivity index (χ3v) is 6.02. The first kappa shape index (κ1) is 24.8. The first-order valence-electron chi connectivity index (χ1n) is 9.68. The molecule has 0 saturated carbocycles. The van der Waals surface area contributed by atoms with Gasteiger partial charge >= 0.3 is 0 Å². The molecule has 0 radical (unpaired) electrons. The van der Waals surface area contributed by atoms with E-state index in [9.17, 15) is 9.59 Å². The van der Waals surface area contributed by atoms with Gasteiger partial charge in [-0.2, -0.15) is 0 Å². The van der Waals surface area contributed by atoms with Gasteiger partial charge in [0.15, 0.2) is 0 Å². The molecule has 30 heavy (non-hydrogen) atoms. The van der Waals surface area contributed by atoms with Gasteiger partial charge in [-0.25, -0.2) is 0 Å². The zero-order chi connectivity index (χ0) is 22.3. The molecule has 2 amide bonds. The van der Waals surface area contributed by atoms with Crippen molar-refractivity contribution >= 4 is 58.2 Å². The van der Waals surface area contributed by atoms with Gasteiger partial charge in [0.25, 0.3) is 0 Å². The molecule has 8 heteroatoms. The van der Waals surface area contributed by atoms with E-state index in [0.717, 1.165) is 12.8 Å². The van der Waals surface area contributed by atoms with Crippen LogP contribution in [0.15, 0.2) is 36.4 Å². The molecule has 0 aliphatic heterocycles. The number of hydrogen-bond donors (Lipinski definition) is 1. The highest BCUT2D eigenvalue weighted by molar-refractivity contribution is 6.42. The molecular weight excluding hydrogens is 466 g/mol. The molecule has 0 aliphatic rings. The van der Waals surface area contributed by atoms with E-state index in [1.807, 2.05) is 6.92 Å². The second kappa shape index (κ2) is 11.8. The molecule has 0 spiro atoms. The molecule has 1 unspecified atom stereocenters. The first-order chi connectivity index (χ1) is 14.2. The molecule has 162 valence electrons. The molecule has 2 aromatic rings. The lowest BCUT2D eigenvalue weighted by molar-refractivity contribution is -0.140. The molecule has 2 aromatic carbocycles. The Balaban J connectivity index is 2.25. The summed E-state index contributed by atoms with van der Waals surface area (Å²) >= 11 is 24.3. The van der Waals surface area contributed by atoms with Crippen LogP contribution >= 0.6 is 46.4 Å². The smallest absolute Gasteiger partial charge is 0.242 e. The molecule has 0 aliphatic carbocycles. The van der Waals surface area contributed by atoms with Crippen molar-refractivity contribution in [3.8, 4) is 0 Å². The minimum absolute atomic E-state index is 0.0781. The van der Waals surface area contributed by atoms with Crippen LogP contribution < -0.4 is 5.32 Å². The fraction of sp³-hybridized carbons (Fsp3) is 0.364. The zero-order valence-corrected chi connectivity index (χ0v) is 19.9. The van der Waals surface area contributed by atoms with Crippen molar-refractivity contribution in [3.05, 3.63) is 67.6 Å². The zero-order valence-electron chi connectivity index (χ0n) is 16.9. The molecular formula is C22H24Cl4N2O2. The SMILES string of the molecule is CCCCNC(=O)C(C)N(Cc1ccc(Cl)cc1Cl)C(=O)Cc1ccc(Cl)c(Cl)c1. The van der Waals surface area contributed by atoms with E-state index in [1.165, 1.54) is 4.90 Å². The second-order valence-corrected chi connectivity index (χ2v) is 8.66. The van der Waals surface area contributed by atoms with E-state index in [-0.39, 0.29) is 24.8 Å². The van der Waals surface area contributed by atoms with Gasteiger partial charge in [-0.05, 0) is 48.7 Å². The van der Waals surface area contributed by atoms with Crippen molar-refractivity contribution in [1.82, 2.24) is 10.2 Å². The summed E-state index contributed by atoms with van der Waals surface area (Å²) in [5, 5.41) is 4.62. The molecule has 0 bridgehead atoms. The largest absolute Gasteiger partial charge is 0.354 e. The van der Waals surface area contributed by atoms with E-state index in [2.05, 4.69) is 5.32 Å². The van der Waals surface area contributed by atoms with Gasteiger partial charge in [0, 0.05) is 23.1 Å². The first-order valence-corrected chi connectivity index (χ1v) is 11.2. The van der Waals surface area contributed by atoms with E-state index >= 15 is 0 Å². The van der Waals surface area contributed by atoms with Crippen molar-refractivity contribution in [3.63, 3.8) is 0 Å². The van der Waals surface area contributed by atoms with E-state index in [0.29, 0.717) is 37.8 Å². The van der Waals surface area contributed by atoms with Gasteiger partial charge in [-0.1, -0.05) is 71.9 Å². The maximum Gasteiger partial charge on any atom is 0.242 e. The van der Waals surface area contributed by atoms with Crippen LogP contribution in [0.4, 0.5) is 0 Å². The van der Waals surface area contributed by atoms with Crippen LogP contribution in [-0.4, -0.2) is 29.3 Å². The number of carbonyl (C=O) groups excluding carboxylic acids is 2. The van der Waals surface area contributed by atoms with Crippen molar-refractivity contribution in [2.24, 2.45) is 0 Å². The van der Waals surface area contributed by atoms with Crippen LogP contribution in [-0.2, 0) is 22.6 Å². The van der Waals surface area contributed by atoms with Crippen LogP contribution in [0.1, 0.15) is 37.8 Å². The fourth-order valence-corrected chi connectivity index (χ4v) is 3.67. The number of halogens is 4. The number of nitrogens with one attached hydrogen (secondary N) is 1. The molecule has 4 nitrogen and oxygen atoms in total. The lowest BCUT2D eigenvalue weighted by Crippen LogP contribution is -2.48. The van der Waals surface area contributed by atoms with Crippen LogP contribution in [0, 0.1) is 0 Å². The van der Waals surface area contributed by atoms with Crippen LogP contribution in [0.25, 0.3) is 0 Å². The highest BCUT2D eigenvalue weighted by atomic mass is 35.5. The fourth-order valence-electron chi connectivity index (χ4n) is 2.88. The number of benzene rings is 2. The summed E-state index contributed by atoms with van der Waals surface area (Å²) in [6.45, 7) is 4.50. The Hall–Kier alpha value is -1.46. The summed E-state index contributed by atoms with van der Waals surface area (Å²) in [6, 6.07) is 9.44. The number of unbranched alkanes of at least 4 members (excludes halogenated alkanes) is 1. The number of carbonyl (C=O) groups is 2. The summed E-state index contributed by atoms with van der Waals surface area (Å²) < 4.78 is 0. The number of rotatable bonds is 9. The minimum Gasteiger partial charge on any atom is -0.354 e. The van der Waals surface area contributed by atoms with Crippen molar-refractivity contribution in [2.45, 2.75) is 45.7 Å². The quantitative estimate of drug-likeness (QED) is 0.427. The van der Waals surface area contributed by atoms with E-state index in [4.69, 9.17) is 46.4 Å². The Labute approximate surface area is 197 Å². The summed E-state index contributed by atoms with van der Waals surface area (Å²) in [7, 11) is 0. The molecule has 1 atom stereocenters. The molecule has 0 aromatic heterocycles. The minimum atomic E-state index is -0.677. The monoisotopic (exact) mass is 488 g/mol. The molecule has 2 rings (SSSR count). The van der Waals surface area contributed by atoms with Crippen molar-refractivity contribution in [2.75, 3.05) is 6.54 Å². The summed E-state index contributed by atoms with van der Waals surface area (Å²) in [6.07, 6.45) is 1.92. The predicted molar refractivity (Wildman–Crippen MR) is 125 cm³/mol. The van der Waals surface area contributed by atoms with Gasteiger partial charge < -0.3 is 10.2 Å². The topological polar surface area (TPSA) is 49.4 Å². The predicted octanol–water partition coefficient (Wildman–Crippen LogP) is 6.18. The summed E-state index contributed by atoms with van der Waals surface area (Å²) in [5.41, 5.74) is 1.41. The maximum absolute atomic E-state index is 13.2. The molecule has 0 heterocycles. The summed E-state index contributed by atoms with van der Waals surface area (Å²) in [5.74, 6) is -0.437. The summed E-state index contributed by atoms with van der Waals surface area (Å²) in [4.78, 5) is 27.3. The van der Waals surface area contributed by atoms with Gasteiger partial charge in [0.05, 0.1) is 16.5 Å². The van der Waals surface area contributed by atoms with Gasteiger partial charge in [-0.3, -0.25) is 9.59 Å². The van der Waals surface area contributed by atoms with Gasteiger partial charge in [0.1, 0.15) is 6.04 Å². The number of nitrogens with zero attached hydrogens (tertiary/aromatic N) is 1. The second-order valence-electron chi connectivity index (χ2n) is 7.00. The Bertz CT molecular complexity index is 905. The van der Waals surface area contributed by atoms with E-state index < -0.39 is 6.04 Å². The normalized spacial score (nSPS) is 11.8. The lowest BCUT2D eigenvalue weighted by atomic mass is 10.1. The third-order valence-electron chi connectivity index (χ3n) is 4.69. The standard InChI is InChI=1S/C22H24Cl4N2O2/c1-3-4-9-27-22(30)14(2)28(13-16-6-7-17(23)12-19(16)25)21(29)11-15-5-8-18(24)20(26)10-15/h5-8,10,12,14H,3-4,9,11,13H2,1-2H3,(H,27,30). The van der Waals surface area contributed by atoms with Crippen LogP contribution in [0.2, 0.25) is 20.1 Å². The van der Waals surface area contributed by atoms with Gasteiger partial charge in [0.2, 0.25) is 11.8 Å². The maximum atomic E-state index is 13.2.